The maximum atomic E-state index is 11.7. The highest BCUT2D eigenvalue weighted by Gasteiger charge is 2.20. The molecule has 0 aliphatic rings. The van der Waals surface area contributed by atoms with Crippen LogP contribution in [0.25, 0.3) is 0 Å². The highest BCUT2D eigenvalue weighted by atomic mass is 16.4. The molecule has 0 unspecified atom stereocenters. The summed E-state index contributed by atoms with van der Waals surface area (Å²) in [5.41, 5.74) is 0. The van der Waals surface area contributed by atoms with E-state index in [2.05, 4.69) is 12.2 Å². The fraction of sp³-hybridized carbons (Fsp3) is 0.824. The van der Waals surface area contributed by atoms with E-state index in [1.165, 1.54) is 38.5 Å². The molecule has 0 saturated carbocycles. The molecule has 7 nitrogen and oxygen atoms in total. The molecule has 7 heteroatoms. The van der Waals surface area contributed by atoms with Crippen LogP contribution < -0.4 is 5.32 Å². The molecule has 0 aliphatic heterocycles. The van der Waals surface area contributed by atoms with Gasteiger partial charge in [0, 0.05) is 12.8 Å². The summed E-state index contributed by atoms with van der Waals surface area (Å²) in [5, 5.41) is 19.9. The predicted octanol–water partition coefficient (Wildman–Crippen LogP) is 2.52. The monoisotopic (exact) mass is 347 g/mol. The quantitative estimate of drug-likeness (QED) is 0.391. The lowest BCUT2D eigenvalue weighted by Gasteiger charge is -2.13. The van der Waals surface area contributed by atoms with Crippen LogP contribution in [0.1, 0.15) is 84.0 Å². The van der Waals surface area contributed by atoms with E-state index >= 15 is 0 Å². The molecule has 0 aromatic carbocycles. The Bertz CT molecular complexity index is 359. The van der Waals surface area contributed by atoms with Crippen LogP contribution in [0.4, 0.5) is 0 Å². The van der Waals surface area contributed by atoms with Crippen molar-refractivity contribution in [2.24, 2.45) is 0 Å². The van der Waals surface area contributed by atoms with E-state index in [4.69, 9.17) is 10.2 Å². The van der Waals surface area contributed by atoms with E-state index in [1.807, 2.05) is 0 Å². The standard InChI is InChI=1S/C17H31NO5.H2O/c1-2-3-4-5-6-7-8-9-10-11-15(19)18-14(17(22)23)12-13-16(20)21;/h14H,2-13H2,1H3,(H,18,19)(H,20,21)(H,22,23);1H2/t14-;/m0./s1. The van der Waals surface area contributed by atoms with Gasteiger partial charge >= 0.3 is 11.9 Å². The van der Waals surface area contributed by atoms with E-state index in [0.717, 1.165) is 19.3 Å². The Morgan fingerprint density at radius 1 is 0.833 bits per heavy atom. The van der Waals surface area contributed by atoms with Crippen LogP contribution in [-0.2, 0) is 14.4 Å². The Morgan fingerprint density at radius 2 is 1.33 bits per heavy atom. The molecule has 1 atom stereocenters. The largest absolute Gasteiger partial charge is 0.481 e. The fourth-order valence-electron chi connectivity index (χ4n) is 2.39. The average Bonchev–Trinajstić information content (AvgIpc) is 2.49. The van der Waals surface area contributed by atoms with Gasteiger partial charge in [-0.15, -0.1) is 0 Å². The number of carboxylic acid groups (broad SMARTS) is 2. The van der Waals surface area contributed by atoms with Gasteiger partial charge in [0.05, 0.1) is 0 Å². The number of carbonyl (C=O) groups is 3. The predicted molar refractivity (Wildman–Crippen MR) is 91.9 cm³/mol. The van der Waals surface area contributed by atoms with Crippen molar-refractivity contribution >= 4 is 17.8 Å². The highest BCUT2D eigenvalue weighted by molar-refractivity contribution is 5.83. The second-order valence-corrected chi connectivity index (χ2v) is 5.97. The first-order valence-electron chi connectivity index (χ1n) is 8.71. The smallest absolute Gasteiger partial charge is 0.326 e. The summed E-state index contributed by atoms with van der Waals surface area (Å²) in [6, 6.07) is -1.11. The minimum absolute atomic E-state index is 0. The summed E-state index contributed by atoms with van der Waals surface area (Å²) in [6.07, 6.45) is 10.3. The maximum absolute atomic E-state index is 11.7. The molecule has 5 N–H and O–H groups in total. The molecule has 0 heterocycles. The van der Waals surface area contributed by atoms with Crippen molar-refractivity contribution in [3.63, 3.8) is 0 Å². The van der Waals surface area contributed by atoms with Gasteiger partial charge in [0.2, 0.25) is 5.91 Å². The van der Waals surface area contributed by atoms with Crippen LogP contribution in [0.15, 0.2) is 0 Å². The van der Waals surface area contributed by atoms with E-state index in [9.17, 15) is 14.4 Å². The van der Waals surface area contributed by atoms with Gasteiger partial charge in [-0.2, -0.15) is 0 Å². The molecule has 0 radical (unpaired) electrons. The Labute approximate surface area is 144 Å². The van der Waals surface area contributed by atoms with Gasteiger partial charge in [0.15, 0.2) is 0 Å². The summed E-state index contributed by atoms with van der Waals surface area (Å²) in [6.45, 7) is 2.20. The van der Waals surface area contributed by atoms with Crippen molar-refractivity contribution < 1.29 is 30.1 Å². The fourth-order valence-corrected chi connectivity index (χ4v) is 2.39. The van der Waals surface area contributed by atoms with Gasteiger partial charge in [0.25, 0.3) is 0 Å². The van der Waals surface area contributed by atoms with Gasteiger partial charge in [-0.3, -0.25) is 9.59 Å². The number of hydrogen-bond donors (Lipinski definition) is 3. The van der Waals surface area contributed by atoms with Crippen LogP contribution in [0.3, 0.4) is 0 Å². The van der Waals surface area contributed by atoms with E-state index < -0.39 is 18.0 Å². The van der Waals surface area contributed by atoms with Crippen molar-refractivity contribution in [2.45, 2.75) is 90.0 Å². The SMILES string of the molecule is CCCCCCCCCCCC(=O)N[C@@H](CCC(=O)O)C(=O)O.O. The Hall–Kier alpha value is -1.63. The number of amides is 1. The molecule has 142 valence electrons. The zero-order valence-corrected chi connectivity index (χ0v) is 14.7. The second kappa shape index (κ2) is 16.2. The maximum Gasteiger partial charge on any atom is 0.326 e. The highest BCUT2D eigenvalue weighted by Crippen LogP contribution is 2.10. The minimum atomic E-state index is -1.19. The first-order valence-corrected chi connectivity index (χ1v) is 8.71. The normalized spacial score (nSPS) is 11.4. The Morgan fingerprint density at radius 3 is 1.79 bits per heavy atom. The lowest BCUT2D eigenvalue weighted by molar-refractivity contribution is -0.143. The van der Waals surface area contributed by atoms with Gasteiger partial charge in [0.1, 0.15) is 6.04 Å². The first-order chi connectivity index (χ1) is 11.0. The van der Waals surface area contributed by atoms with Crippen molar-refractivity contribution in [2.75, 3.05) is 0 Å². The molecule has 0 rings (SSSR count). The number of rotatable bonds is 15. The zero-order chi connectivity index (χ0) is 17.5. The molecule has 0 fully saturated rings. The van der Waals surface area contributed by atoms with Gasteiger partial charge in [-0.05, 0) is 12.8 Å². The number of hydrogen-bond acceptors (Lipinski definition) is 3. The third-order valence-corrected chi connectivity index (χ3v) is 3.79. The number of carboxylic acids is 2. The third-order valence-electron chi connectivity index (χ3n) is 3.79. The summed E-state index contributed by atoms with van der Waals surface area (Å²) >= 11 is 0. The van der Waals surface area contributed by atoms with Crippen molar-refractivity contribution in [1.82, 2.24) is 5.32 Å². The zero-order valence-electron chi connectivity index (χ0n) is 14.7. The van der Waals surface area contributed by atoms with Crippen molar-refractivity contribution in [3.05, 3.63) is 0 Å². The van der Waals surface area contributed by atoms with Crippen molar-refractivity contribution in [3.8, 4) is 0 Å². The van der Waals surface area contributed by atoms with Crippen LogP contribution >= 0.6 is 0 Å². The molecule has 0 spiro atoms. The molecular weight excluding hydrogens is 314 g/mol. The second-order valence-electron chi connectivity index (χ2n) is 5.97. The molecule has 24 heavy (non-hydrogen) atoms. The topological polar surface area (TPSA) is 135 Å². The van der Waals surface area contributed by atoms with Crippen LogP contribution in [0.5, 0.6) is 0 Å². The first kappa shape index (κ1) is 24.6. The minimum Gasteiger partial charge on any atom is -0.481 e. The third kappa shape index (κ3) is 15.3. The number of unbranched alkanes of at least 4 members (excludes halogenated alkanes) is 8. The van der Waals surface area contributed by atoms with Crippen molar-refractivity contribution in [1.29, 1.82) is 0 Å². The van der Waals surface area contributed by atoms with Gasteiger partial charge < -0.3 is 21.0 Å². The Balaban J connectivity index is 0. The summed E-state index contributed by atoms with van der Waals surface area (Å²) in [4.78, 5) is 33.1. The van der Waals surface area contributed by atoms with Gasteiger partial charge in [-0.25, -0.2) is 4.79 Å². The molecule has 0 aromatic heterocycles. The lowest BCUT2D eigenvalue weighted by Crippen LogP contribution is -2.41. The molecule has 0 saturated heterocycles. The summed E-state index contributed by atoms with van der Waals surface area (Å²) in [7, 11) is 0. The van der Waals surface area contributed by atoms with Crippen LogP contribution in [0.2, 0.25) is 0 Å². The number of nitrogens with one attached hydrogen (secondary N) is 1. The molecule has 0 bridgehead atoms. The summed E-state index contributed by atoms with van der Waals surface area (Å²) in [5.74, 6) is -2.57. The molecule has 0 aliphatic carbocycles. The molecule has 1 amide bonds. The summed E-state index contributed by atoms with van der Waals surface area (Å²) < 4.78 is 0. The van der Waals surface area contributed by atoms with E-state index in [-0.39, 0.29) is 24.2 Å². The van der Waals surface area contributed by atoms with E-state index in [1.54, 1.807) is 0 Å². The van der Waals surface area contributed by atoms with Crippen LogP contribution in [-0.4, -0.2) is 39.6 Å². The van der Waals surface area contributed by atoms with E-state index in [0.29, 0.717) is 6.42 Å². The molecular formula is C17H33NO6. The van der Waals surface area contributed by atoms with Crippen LogP contribution in [0, 0.1) is 0 Å². The Kier molecular flexibility index (Phi) is 16.7. The number of carbonyl (C=O) groups excluding carboxylic acids is 1. The van der Waals surface area contributed by atoms with Gasteiger partial charge in [-0.1, -0.05) is 58.3 Å². The average molecular weight is 347 g/mol. The molecule has 0 aromatic rings. The number of aliphatic carboxylic acids is 2. The lowest BCUT2D eigenvalue weighted by atomic mass is 10.1.